The zero-order chi connectivity index (χ0) is 13.9. The van der Waals surface area contributed by atoms with Gasteiger partial charge in [-0.1, -0.05) is 57.7 Å². The Kier molecular flexibility index (Phi) is 8.81. The van der Waals surface area contributed by atoms with Crippen molar-refractivity contribution in [1.29, 1.82) is 0 Å². The van der Waals surface area contributed by atoms with Crippen LogP contribution < -0.4 is 4.74 Å². The van der Waals surface area contributed by atoms with Crippen molar-refractivity contribution in [2.24, 2.45) is 0 Å². The fraction of sp³-hybridized carbons (Fsp3) is 0.647. The van der Waals surface area contributed by atoms with E-state index in [0.717, 1.165) is 5.75 Å². The van der Waals surface area contributed by atoms with Gasteiger partial charge in [0.05, 0.1) is 7.11 Å². The summed E-state index contributed by atoms with van der Waals surface area (Å²) < 4.78 is 5.47. The van der Waals surface area contributed by atoms with Crippen molar-refractivity contribution >= 4 is 11.8 Å². The summed E-state index contributed by atoms with van der Waals surface area (Å²) in [7, 11) is 1.76. The van der Waals surface area contributed by atoms with Crippen molar-refractivity contribution in [3.8, 4) is 5.75 Å². The lowest BCUT2D eigenvalue weighted by molar-refractivity contribution is 0.409. The summed E-state index contributed by atoms with van der Waals surface area (Å²) in [6, 6.07) is 8.43. The van der Waals surface area contributed by atoms with Crippen LogP contribution in [0.1, 0.15) is 63.2 Å². The Balaban J connectivity index is 2.40. The molecule has 0 N–H and O–H groups in total. The summed E-state index contributed by atoms with van der Waals surface area (Å²) in [6.45, 7) is 4.53. The molecular formula is C17H28OS. The number of benzene rings is 1. The van der Waals surface area contributed by atoms with Crippen LogP contribution in [0.25, 0.3) is 0 Å². The van der Waals surface area contributed by atoms with Crippen molar-refractivity contribution in [2.75, 3.05) is 12.9 Å². The van der Waals surface area contributed by atoms with E-state index in [2.05, 4.69) is 43.8 Å². The van der Waals surface area contributed by atoms with Gasteiger partial charge < -0.3 is 4.74 Å². The zero-order valence-electron chi connectivity index (χ0n) is 12.7. The number of methoxy groups -OCH3 is 1. The molecule has 0 aromatic heterocycles. The molecule has 0 spiro atoms. The first-order valence-corrected chi connectivity index (χ1v) is 8.62. The average Bonchev–Trinajstić information content (AvgIpc) is 2.47. The van der Waals surface area contributed by atoms with E-state index in [1.165, 1.54) is 49.8 Å². The summed E-state index contributed by atoms with van der Waals surface area (Å²) in [5, 5.41) is 0.572. The van der Waals surface area contributed by atoms with E-state index in [1.807, 2.05) is 6.07 Å². The third-order valence-corrected chi connectivity index (χ3v) is 4.94. The Labute approximate surface area is 123 Å². The first kappa shape index (κ1) is 16.4. The summed E-state index contributed by atoms with van der Waals surface area (Å²) in [6.07, 6.45) is 7.99. The molecule has 1 rings (SSSR count). The monoisotopic (exact) mass is 280 g/mol. The van der Waals surface area contributed by atoms with Gasteiger partial charge in [0, 0.05) is 10.8 Å². The van der Waals surface area contributed by atoms with Gasteiger partial charge >= 0.3 is 0 Å². The predicted octanol–water partition coefficient (Wildman–Crippen LogP) is 5.85. The Morgan fingerprint density at radius 2 is 1.79 bits per heavy atom. The molecule has 1 aromatic carbocycles. The fourth-order valence-corrected chi connectivity index (χ4v) is 3.56. The quantitative estimate of drug-likeness (QED) is 0.497. The van der Waals surface area contributed by atoms with Crippen LogP contribution in [-0.2, 0) is 0 Å². The Morgan fingerprint density at radius 1 is 1.05 bits per heavy atom. The van der Waals surface area contributed by atoms with Gasteiger partial charge in [-0.3, -0.25) is 0 Å². The molecule has 0 heterocycles. The molecule has 0 aliphatic heterocycles. The second-order valence-corrected chi connectivity index (χ2v) is 6.23. The highest BCUT2D eigenvalue weighted by Gasteiger charge is 2.13. The average molecular weight is 280 g/mol. The van der Waals surface area contributed by atoms with Crippen molar-refractivity contribution in [3.63, 3.8) is 0 Å². The lowest BCUT2D eigenvalue weighted by atomic mass is 10.1. The molecule has 0 amide bonds. The molecule has 0 bridgehead atoms. The molecule has 0 aliphatic carbocycles. The van der Waals surface area contributed by atoms with E-state index < -0.39 is 0 Å². The minimum Gasteiger partial charge on any atom is -0.496 e. The van der Waals surface area contributed by atoms with Gasteiger partial charge in [-0.05, 0) is 24.7 Å². The summed E-state index contributed by atoms with van der Waals surface area (Å²) >= 11 is 2.08. The molecular weight excluding hydrogens is 252 g/mol. The molecule has 0 fully saturated rings. The Bertz CT molecular complexity index is 338. The number of ether oxygens (including phenoxy) is 1. The number of para-hydroxylation sites is 1. The van der Waals surface area contributed by atoms with E-state index in [-0.39, 0.29) is 0 Å². The Hall–Kier alpha value is -0.630. The minimum absolute atomic E-state index is 0.572. The second-order valence-electron chi connectivity index (χ2n) is 4.92. The Morgan fingerprint density at radius 3 is 2.47 bits per heavy atom. The third kappa shape index (κ3) is 5.90. The van der Waals surface area contributed by atoms with Crippen LogP contribution in [-0.4, -0.2) is 12.9 Å². The van der Waals surface area contributed by atoms with Crippen LogP contribution in [0.5, 0.6) is 5.75 Å². The standard InChI is InChI=1S/C17H28OS/c1-4-6-7-8-11-14-19-17(5-2)15-12-9-10-13-16(15)18-3/h9-10,12-13,17H,4-8,11,14H2,1-3H3. The van der Waals surface area contributed by atoms with Gasteiger partial charge in [0.25, 0.3) is 0 Å². The molecule has 0 saturated heterocycles. The summed E-state index contributed by atoms with van der Waals surface area (Å²) in [5.41, 5.74) is 1.35. The number of thioether (sulfide) groups is 1. The lowest BCUT2D eigenvalue weighted by Gasteiger charge is -2.18. The highest BCUT2D eigenvalue weighted by Crippen LogP contribution is 2.37. The molecule has 2 heteroatoms. The van der Waals surface area contributed by atoms with Crippen LogP contribution in [0.3, 0.4) is 0 Å². The number of hydrogen-bond donors (Lipinski definition) is 0. The molecule has 1 unspecified atom stereocenters. The van der Waals surface area contributed by atoms with Gasteiger partial charge in [-0.2, -0.15) is 11.8 Å². The number of unbranched alkanes of at least 4 members (excludes halogenated alkanes) is 4. The van der Waals surface area contributed by atoms with E-state index in [4.69, 9.17) is 4.74 Å². The molecule has 1 atom stereocenters. The minimum atomic E-state index is 0.572. The van der Waals surface area contributed by atoms with Gasteiger partial charge in [0.15, 0.2) is 0 Å². The molecule has 1 nitrogen and oxygen atoms in total. The largest absolute Gasteiger partial charge is 0.496 e. The van der Waals surface area contributed by atoms with E-state index in [0.29, 0.717) is 5.25 Å². The van der Waals surface area contributed by atoms with Gasteiger partial charge in [0.1, 0.15) is 5.75 Å². The maximum atomic E-state index is 5.47. The topological polar surface area (TPSA) is 9.23 Å². The van der Waals surface area contributed by atoms with Crippen molar-refractivity contribution in [2.45, 2.75) is 57.6 Å². The molecule has 1 aromatic rings. The van der Waals surface area contributed by atoms with E-state index in [1.54, 1.807) is 7.11 Å². The smallest absolute Gasteiger partial charge is 0.123 e. The first-order chi connectivity index (χ1) is 9.33. The molecule has 19 heavy (non-hydrogen) atoms. The highest BCUT2D eigenvalue weighted by atomic mass is 32.2. The van der Waals surface area contributed by atoms with Crippen LogP contribution in [0, 0.1) is 0 Å². The number of hydrogen-bond acceptors (Lipinski definition) is 2. The highest BCUT2D eigenvalue weighted by molar-refractivity contribution is 7.99. The molecule has 0 saturated carbocycles. The van der Waals surface area contributed by atoms with Gasteiger partial charge in [0.2, 0.25) is 0 Å². The summed E-state index contributed by atoms with van der Waals surface area (Å²) in [4.78, 5) is 0. The lowest BCUT2D eigenvalue weighted by Crippen LogP contribution is -1.98. The van der Waals surface area contributed by atoms with Crippen molar-refractivity contribution in [3.05, 3.63) is 29.8 Å². The summed E-state index contributed by atoms with van der Waals surface area (Å²) in [5.74, 6) is 2.30. The van der Waals surface area contributed by atoms with Crippen LogP contribution in [0.4, 0.5) is 0 Å². The molecule has 0 aliphatic rings. The van der Waals surface area contributed by atoms with Gasteiger partial charge in [-0.25, -0.2) is 0 Å². The first-order valence-electron chi connectivity index (χ1n) is 7.58. The molecule has 108 valence electrons. The van der Waals surface area contributed by atoms with Crippen molar-refractivity contribution in [1.82, 2.24) is 0 Å². The van der Waals surface area contributed by atoms with Crippen LogP contribution in [0.15, 0.2) is 24.3 Å². The predicted molar refractivity (Wildman–Crippen MR) is 87.2 cm³/mol. The third-order valence-electron chi connectivity index (χ3n) is 3.42. The molecule has 0 radical (unpaired) electrons. The van der Waals surface area contributed by atoms with Crippen LogP contribution >= 0.6 is 11.8 Å². The maximum absolute atomic E-state index is 5.47. The zero-order valence-corrected chi connectivity index (χ0v) is 13.5. The second kappa shape index (κ2) is 10.2. The fourth-order valence-electron chi connectivity index (χ4n) is 2.29. The van der Waals surface area contributed by atoms with Crippen LogP contribution in [0.2, 0.25) is 0 Å². The van der Waals surface area contributed by atoms with Gasteiger partial charge in [-0.15, -0.1) is 0 Å². The van der Waals surface area contributed by atoms with E-state index in [9.17, 15) is 0 Å². The van der Waals surface area contributed by atoms with Crippen molar-refractivity contribution < 1.29 is 4.74 Å². The normalized spacial score (nSPS) is 12.4. The van der Waals surface area contributed by atoms with E-state index >= 15 is 0 Å². The number of rotatable bonds is 10. The SMILES string of the molecule is CCCCCCCSC(CC)c1ccccc1OC. The maximum Gasteiger partial charge on any atom is 0.123 e.